The second-order valence-electron chi connectivity index (χ2n) is 3.79. The third-order valence-electron chi connectivity index (χ3n) is 2.59. The molecule has 0 bridgehead atoms. The molecule has 0 spiro atoms. The summed E-state index contributed by atoms with van der Waals surface area (Å²) in [5, 5.41) is 3.43. The third kappa shape index (κ3) is 3.38. The van der Waals surface area contributed by atoms with E-state index >= 15 is 0 Å². The van der Waals surface area contributed by atoms with Crippen LogP contribution in [-0.2, 0) is 6.54 Å². The van der Waals surface area contributed by atoms with Crippen LogP contribution in [0, 0.1) is 3.57 Å². The maximum atomic E-state index is 5.34. The van der Waals surface area contributed by atoms with Gasteiger partial charge in [-0.15, -0.1) is 0 Å². The molecule has 0 saturated carbocycles. The van der Waals surface area contributed by atoms with Crippen LogP contribution >= 0.6 is 38.5 Å². The lowest BCUT2D eigenvalue weighted by atomic mass is 10.2. The van der Waals surface area contributed by atoms with Crippen LogP contribution in [-0.4, -0.2) is 7.11 Å². The lowest BCUT2D eigenvalue weighted by Gasteiger charge is -2.12. The number of ether oxygens (including phenoxy) is 1. The van der Waals surface area contributed by atoms with Crippen LogP contribution in [0.2, 0.25) is 0 Å². The number of hydrogen-bond acceptors (Lipinski definition) is 2. The van der Waals surface area contributed by atoms with Gasteiger partial charge in [0.05, 0.1) is 7.11 Å². The average molecular weight is 418 g/mol. The number of benzene rings is 2. The van der Waals surface area contributed by atoms with E-state index in [0.717, 1.165) is 28.0 Å². The van der Waals surface area contributed by atoms with Gasteiger partial charge in [0.15, 0.2) is 0 Å². The van der Waals surface area contributed by atoms with Gasteiger partial charge in [-0.2, -0.15) is 0 Å². The summed E-state index contributed by atoms with van der Waals surface area (Å²) in [7, 11) is 1.70. The van der Waals surface area contributed by atoms with E-state index in [9.17, 15) is 0 Å². The molecule has 0 saturated heterocycles. The molecule has 0 fully saturated rings. The van der Waals surface area contributed by atoms with Crippen LogP contribution in [0.15, 0.2) is 46.9 Å². The third-order valence-corrected chi connectivity index (χ3v) is 4.02. The van der Waals surface area contributed by atoms with E-state index in [-0.39, 0.29) is 0 Å². The fourth-order valence-corrected chi connectivity index (χ4v) is 2.56. The van der Waals surface area contributed by atoms with Crippen molar-refractivity contribution in [2.75, 3.05) is 12.4 Å². The minimum Gasteiger partial charge on any atom is -0.496 e. The second kappa shape index (κ2) is 6.43. The fourth-order valence-electron chi connectivity index (χ4n) is 1.67. The summed E-state index contributed by atoms with van der Waals surface area (Å²) in [6.45, 7) is 0.746. The van der Waals surface area contributed by atoms with Gasteiger partial charge in [0.25, 0.3) is 0 Å². The Kier molecular flexibility index (Phi) is 4.88. The van der Waals surface area contributed by atoms with E-state index in [1.807, 2.05) is 24.3 Å². The highest BCUT2D eigenvalue weighted by Crippen LogP contribution is 2.25. The van der Waals surface area contributed by atoms with Gasteiger partial charge in [-0.05, 0) is 46.9 Å². The van der Waals surface area contributed by atoms with Crippen molar-refractivity contribution >= 4 is 44.2 Å². The molecule has 94 valence electrons. The molecule has 0 atom stereocenters. The molecule has 2 aromatic rings. The lowest BCUT2D eigenvalue weighted by molar-refractivity contribution is 0.410. The van der Waals surface area contributed by atoms with Gasteiger partial charge in [0.1, 0.15) is 5.75 Å². The molecule has 2 rings (SSSR count). The van der Waals surface area contributed by atoms with E-state index in [1.165, 1.54) is 3.57 Å². The summed E-state index contributed by atoms with van der Waals surface area (Å²) in [6, 6.07) is 14.2. The van der Waals surface area contributed by atoms with Crippen molar-refractivity contribution in [1.29, 1.82) is 0 Å². The average Bonchev–Trinajstić information content (AvgIpc) is 2.40. The zero-order chi connectivity index (χ0) is 13.0. The highest BCUT2D eigenvalue weighted by Gasteiger charge is 2.03. The quantitative estimate of drug-likeness (QED) is 0.729. The minimum atomic E-state index is 0.746. The molecule has 0 radical (unpaired) electrons. The zero-order valence-electron chi connectivity index (χ0n) is 9.91. The molecule has 4 heteroatoms. The van der Waals surface area contributed by atoms with Crippen molar-refractivity contribution in [3.8, 4) is 5.75 Å². The van der Waals surface area contributed by atoms with Gasteiger partial charge < -0.3 is 10.1 Å². The van der Waals surface area contributed by atoms with Gasteiger partial charge in [0.2, 0.25) is 0 Å². The number of hydrogen-bond donors (Lipinski definition) is 1. The number of anilines is 1. The van der Waals surface area contributed by atoms with Crippen LogP contribution in [0.25, 0.3) is 0 Å². The SMILES string of the molecule is COc1ccccc1CNc1cc(Br)ccc1I. The first-order valence-corrected chi connectivity index (χ1v) is 7.38. The van der Waals surface area contributed by atoms with Crippen LogP contribution in [0.3, 0.4) is 0 Å². The topological polar surface area (TPSA) is 21.3 Å². The first kappa shape index (κ1) is 13.7. The molecular formula is C14H13BrINO. The van der Waals surface area contributed by atoms with Gasteiger partial charge in [-0.1, -0.05) is 34.1 Å². The maximum absolute atomic E-state index is 5.34. The number of para-hydroxylation sites is 1. The van der Waals surface area contributed by atoms with E-state index in [0.29, 0.717) is 0 Å². The maximum Gasteiger partial charge on any atom is 0.123 e. The Balaban J connectivity index is 2.14. The predicted molar refractivity (Wildman–Crippen MR) is 87.2 cm³/mol. The molecule has 0 unspecified atom stereocenters. The van der Waals surface area contributed by atoms with Crippen molar-refractivity contribution in [1.82, 2.24) is 0 Å². The van der Waals surface area contributed by atoms with Crippen molar-refractivity contribution in [2.45, 2.75) is 6.54 Å². The van der Waals surface area contributed by atoms with Crippen molar-refractivity contribution in [2.24, 2.45) is 0 Å². The Bertz CT molecular complexity index is 545. The van der Waals surface area contributed by atoms with E-state index in [1.54, 1.807) is 7.11 Å². The predicted octanol–water partition coefficient (Wildman–Crippen LogP) is 4.67. The minimum absolute atomic E-state index is 0.746. The molecule has 0 aromatic heterocycles. The summed E-state index contributed by atoms with van der Waals surface area (Å²) in [5.74, 6) is 0.912. The molecule has 0 aliphatic heterocycles. The van der Waals surface area contributed by atoms with Gasteiger partial charge in [-0.3, -0.25) is 0 Å². The van der Waals surface area contributed by atoms with E-state index < -0.39 is 0 Å². The Hall–Kier alpha value is -0.750. The Morgan fingerprint density at radius 1 is 1.22 bits per heavy atom. The van der Waals surface area contributed by atoms with E-state index in [4.69, 9.17) is 4.74 Å². The normalized spacial score (nSPS) is 10.2. The summed E-state index contributed by atoms with van der Waals surface area (Å²) in [5.41, 5.74) is 2.27. The molecule has 1 N–H and O–H groups in total. The second-order valence-corrected chi connectivity index (χ2v) is 5.87. The Morgan fingerprint density at radius 2 is 2.00 bits per heavy atom. The van der Waals surface area contributed by atoms with Crippen molar-refractivity contribution < 1.29 is 4.74 Å². The van der Waals surface area contributed by atoms with Gasteiger partial charge >= 0.3 is 0 Å². The molecule has 18 heavy (non-hydrogen) atoms. The Morgan fingerprint density at radius 3 is 2.78 bits per heavy atom. The number of rotatable bonds is 4. The summed E-state index contributed by atoms with van der Waals surface area (Å²) in [6.07, 6.45) is 0. The van der Waals surface area contributed by atoms with Gasteiger partial charge in [-0.25, -0.2) is 0 Å². The first-order valence-electron chi connectivity index (χ1n) is 5.51. The number of nitrogens with one attached hydrogen (secondary N) is 1. The monoisotopic (exact) mass is 417 g/mol. The number of methoxy groups -OCH3 is 1. The summed E-state index contributed by atoms with van der Waals surface area (Å²) < 4.78 is 7.61. The molecule has 2 nitrogen and oxygen atoms in total. The van der Waals surface area contributed by atoms with Crippen LogP contribution in [0.5, 0.6) is 5.75 Å². The van der Waals surface area contributed by atoms with Crippen molar-refractivity contribution in [3.05, 3.63) is 56.1 Å². The number of halogens is 2. The summed E-state index contributed by atoms with van der Waals surface area (Å²) >= 11 is 5.81. The smallest absolute Gasteiger partial charge is 0.123 e. The van der Waals surface area contributed by atoms with Crippen LogP contribution in [0.1, 0.15) is 5.56 Å². The molecular weight excluding hydrogens is 405 g/mol. The van der Waals surface area contributed by atoms with Crippen molar-refractivity contribution in [3.63, 3.8) is 0 Å². The first-order chi connectivity index (χ1) is 8.70. The molecule has 0 aliphatic carbocycles. The molecule has 0 aliphatic rings. The van der Waals surface area contributed by atoms with Crippen LogP contribution in [0.4, 0.5) is 5.69 Å². The fraction of sp³-hybridized carbons (Fsp3) is 0.143. The highest BCUT2D eigenvalue weighted by molar-refractivity contribution is 14.1. The lowest BCUT2D eigenvalue weighted by Crippen LogP contribution is -2.02. The molecule has 2 aromatic carbocycles. The van der Waals surface area contributed by atoms with Crippen LogP contribution < -0.4 is 10.1 Å². The molecule has 0 heterocycles. The largest absolute Gasteiger partial charge is 0.496 e. The summed E-state index contributed by atoms with van der Waals surface area (Å²) in [4.78, 5) is 0. The van der Waals surface area contributed by atoms with E-state index in [2.05, 4.69) is 62.0 Å². The molecule has 0 amide bonds. The standard InChI is InChI=1S/C14H13BrINO/c1-18-14-5-3-2-4-10(14)9-17-13-8-11(15)6-7-12(13)16/h2-8,17H,9H2,1H3. The highest BCUT2D eigenvalue weighted by atomic mass is 127. The Labute approximate surface area is 129 Å². The zero-order valence-corrected chi connectivity index (χ0v) is 13.7. The van der Waals surface area contributed by atoms with Gasteiger partial charge in [0, 0.05) is 25.8 Å².